The van der Waals surface area contributed by atoms with E-state index in [0.29, 0.717) is 13.1 Å². The summed E-state index contributed by atoms with van der Waals surface area (Å²) in [5.41, 5.74) is 2.57. The minimum Gasteiger partial charge on any atom is -0.371 e. The summed E-state index contributed by atoms with van der Waals surface area (Å²) in [4.78, 5) is 2.42. The monoisotopic (exact) mass is 297 g/mol. The van der Waals surface area contributed by atoms with Crippen LogP contribution in [0.3, 0.4) is 0 Å². The van der Waals surface area contributed by atoms with Crippen LogP contribution < -0.4 is 14.9 Å². The van der Waals surface area contributed by atoms with Crippen molar-refractivity contribution in [3.8, 4) is 0 Å². The molecule has 1 aliphatic heterocycles. The summed E-state index contributed by atoms with van der Waals surface area (Å²) < 4.78 is 24.4. The number of sulfonamides is 1. The topological polar surface area (TPSA) is 61.4 Å². The first-order chi connectivity index (χ1) is 9.56. The first kappa shape index (κ1) is 15.3. The molecule has 1 fully saturated rings. The molecule has 0 spiro atoms. The van der Waals surface area contributed by atoms with Gasteiger partial charge in [-0.05, 0) is 24.5 Å². The molecule has 0 saturated carbocycles. The predicted molar refractivity (Wildman–Crippen MR) is 82.4 cm³/mol. The van der Waals surface area contributed by atoms with Gasteiger partial charge in [0, 0.05) is 38.4 Å². The van der Waals surface area contributed by atoms with Gasteiger partial charge < -0.3 is 10.2 Å². The van der Waals surface area contributed by atoms with E-state index in [4.69, 9.17) is 0 Å². The summed E-state index contributed by atoms with van der Waals surface area (Å²) in [5.74, 6) is 0. The molecule has 0 bridgehead atoms. The third-order valence-electron chi connectivity index (χ3n) is 3.42. The van der Waals surface area contributed by atoms with Gasteiger partial charge in [0.25, 0.3) is 0 Å². The van der Waals surface area contributed by atoms with E-state index in [9.17, 15) is 8.42 Å². The summed E-state index contributed by atoms with van der Waals surface area (Å²) in [6.07, 6.45) is 3.70. The number of para-hydroxylation sites is 1. The minimum absolute atomic E-state index is 0.421. The van der Waals surface area contributed by atoms with Crippen molar-refractivity contribution in [2.24, 2.45) is 0 Å². The van der Waals surface area contributed by atoms with Gasteiger partial charge in [-0.25, -0.2) is 13.1 Å². The predicted octanol–water partition coefficient (Wildman–Crippen LogP) is 0.926. The zero-order valence-corrected chi connectivity index (χ0v) is 12.7. The summed E-state index contributed by atoms with van der Waals surface area (Å²) in [6.45, 7) is 4.07. The normalized spacial score (nSPS) is 15.8. The van der Waals surface area contributed by atoms with Gasteiger partial charge in [-0.3, -0.25) is 0 Å². The van der Waals surface area contributed by atoms with Crippen molar-refractivity contribution in [3.05, 3.63) is 29.8 Å². The second-order valence-electron chi connectivity index (χ2n) is 5.17. The zero-order chi connectivity index (χ0) is 14.4. The van der Waals surface area contributed by atoms with Crippen LogP contribution in [0.4, 0.5) is 5.69 Å². The molecule has 2 rings (SSSR count). The van der Waals surface area contributed by atoms with E-state index in [2.05, 4.69) is 33.1 Å². The molecule has 0 aromatic heterocycles. The molecule has 6 heteroatoms. The molecule has 1 aliphatic rings. The molecule has 0 aliphatic carbocycles. The maximum Gasteiger partial charge on any atom is 0.208 e. The first-order valence-electron chi connectivity index (χ1n) is 7.04. The Morgan fingerprint density at radius 3 is 2.55 bits per heavy atom. The number of benzene rings is 1. The van der Waals surface area contributed by atoms with Crippen molar-refractivity contribution < 1.29 is 8.42 Å². The summed E-state index contributed by atoms with van der Waals surface area (Å²) >= 11 is 0. The molecule has 1 heterocycles. The molecule has 1 saturated heterocycles. The second-order valence-corrected chi connectivity index (χ2v) is 7.00. The summed E-state index contributed by atoms with van der Waals surface area (Å²) in [5, 5.41) is 3.28. The maximum absolute atomic E-state index is 10.9. The van der Waals surface area contributed by atoms with Gasteiger partial charge in [-0.1, -0.05) is 18.2 Å². The van der Waals surface area contributed by atoms with E-state index in [1.54, 1.807) is 0 Å². The first-order valence-corrected chi connectivity index (χ1v) is 8.93. The highest BCUT2D eigenvalue weighted by atomic mass is 32.2. The lowest BCUT2D eigenvalue weighted by Gasteiger charge is -2.21. The van der Waals surface area contributed by atoms with E-state index in [-0.39, 0.29) is 0 Å². The van der Waals surface area contributed by atoms with Gasteiger partial charge in [0.2, 0.25) is 10.0 Å². The molecule has 0 unspecified atom stereocenters. The molecule has 112 valence electrons. The molecule has 2 N–H and O–H groups in total. The number of hydrogen-bond donors (Lipinski definition) is 2. The van der Waals surface area contributed by atoms with Gasteiger partial charge in [-0.2, -0.15) is 0 Å². The molecule has 1 aromatic rings. The fourth-order valence-corrected chi connectivity index (χ4v) is 2.95. The lowest BCUT2D eigenvalue weighted by Crippen LogP contribution is -2.31. The molecule has 0 amide bonds. The fourth-order valence-electron chi connectivity index (χ4n) is 2.47. The quantitative estimate of drug-likeness (QED) is 0.735. The third-order valence-corrected chi connectivity index (χ3v) is 4.15. The van der Waals surface area contributed by atoms with Crippen molar-refractivity contribution in [2.75, 3.05) is 37.3 Å². The number of nitrogens with one attached hydrogen (secondary N) is 2. The molecule has 20 heavy (non-hydrogen) atoms. The Balaban J connectivity index is 1.83. The SMILES string of the molecule is CS(=O)(=O)NCCNCc1ccccc1N1CCCC1. The number of nitrogens with zero attached hydrogens (tertiary/aromatic N) is 1. The number of hydrogen-bond acceptors (Lipinski definition) is 4. The Hall–Kier alpha value is -1.11. The van der Waals surface area contributed by atoms with Crippen molar-refractivity contribution in [1.82, 2.24) is 10.0 Å². The van der Waals surface area contributed by atoms with Crippen molar-refractivity contribution in [2.45, 2.75) is 19.4 Å². The number of rotatable bonds is 7. The Morgan fingerprint density at radius 2 is 1.85 bits per heavy atom. The molecule has 0 radical (unpaired) electrons. The summed E-state index contributed by atoms with van der Waals surface area (Å²) in [6, 6.07) is 8.41. The molecule has 1 aromatic carbocycles. The average Bonchev–Trinajstić information content (AvgIpc) is 2.91. The largest absolute Gasteiger partial charge is 0.371 e. The highest BCUT2D eigenvalue weighted by Gasteiger charge is 2.14. The third kappa shape index (κ3) is 4.77. The Bertz CT molecular complexity index is 525. The van der Waals surface area contributed by atoms with Crippen LogP contribution in [0.2, 0.25) is 0 Å². The van der Waals surface area contributed by atoms with Crippen LogP contribution in [0.1, 0.15) is 18.4 Å². The lowest BCUT2D eigenvalue weighted by molar-refractivity contribution is 0.581. The molecule has 0 atom stereocenters. The van der Waals surface area contributed by atoms with Crippen molar-refractivity contribution in [1.29, 1.82) is 0 Å². The Labute approximate surface area is 121 Å². The Kier molecular flexibility index (Phi) is 5.39. The molecule has 5 nitrogen and oxygen atoms in total. The zero-order valence-electron chi connectivity index (χ0n) is 11.9. The van der Waals surface area contributed by atoms with Gasteiger partial charge in [-0.15, -0.1) is 0 Å². The second kappa shape index (κ2) is 7.06. The van der Waals surface area contributed by atoms with Crippen LogP contribution in [-0.4, -0.2) is 40.9 Å². The van der Waals surface area contributed by atoms with E-state index in [1.165, 1.54) is 30.3 Å². The fraction of sp³-hybridized carbons (Fsp3) is 0.571. The van der Waals surface area contributed by atoms with Crippen LogP contribution in [0, 0.1) is 0 Å². The molecular weight excluding hydrogens is 274 g/mol. The minimum atomic E-state index is -3.09. The van der Waals surface area contributed by atoms with E-state index in [0.717, 1.165) is 19.6 Å². The molecular formula is C14H23N3O2S. The van der Waals surface area contributed by atoms with Crippen LogP contribution >= 0.6 is 0 Å². The van der Waals surface area contributed by atoms with E-state index < -0.39 is 10.0 Å². The average molecular weight is 297 g/mol. The van der Waals surface area contributed by atoms with Crippen LogP contribution in [0.25, 0.3) is 0 Å². The standard InChI is InChI=1S/C14H23N3O2S/c1-20(18,19)16-9-8-15-12-13-6-2-3-7-14(13)17-10-4-5-11-17/h2-3,6-7,15-16H,4-5,8-12H2,1H3. The van der Waals surface area contributed by atoms with Crippen molar-refractivity contribution in [3.63, 3.8) is 0 Å². The van der Waals surface area contributed by atoms with Crippen LogP contribution in [0.5, 0.6) is 0 Å². The van der Waals surface area contributed by atoms with Gasteiger partial charge >= 0.3 is 0 Å². The Morgan fingerprint density at radius 1 is 1.15 bits per heavy atom. The van der Waals surface area contributed by atoms with Crippen LogP contribution in [0.15, 0.2) is 24.3 Å². The lowest BCUT2D eigenvalue weighted by atomic mass is 10.1. The van der Waals surface area contributed by atoms with Crippen LogP contribution in [-0.2, 0) is 16.6 Å². The number of anilines is 1. The smallest absolute Gasteiger partial charge is 0.208 e. The highest BCUT2D eigenvalue weighted by Crippen LogP contribution is 2.24. The van der Waals surface area contributed by atoms with Crippen molar-refractivity contribution >= 4 is 15.7 Å². The van der Waals surface area contributed by atoms with E-state index >= 15 is 0 Å². The maximum atomic E-state index is 10.9. The van der Waals surface area contributed by atoms with Gasteiger partial charge in [0.15, 0.2) is 0 Å². The van der Waals surface area contributed by atoms with Gasteiger partial charge in [0.1, 0.15) is 0 Å². The summed E-state index contributed by atoms with van der Waals surface area (Å²) in [7, 11) is -3.09. The van der Waals surface area contributed by atoms with Gasteiger partial charge in [0.05, 0.1) is 6.26 Å². The highest BCUT2D eigenvalue weighted by molar-refractivity contribution is 7.88. The van der Waals surface area contributed by atoms with E-state index in [1.807, 2.05) is 6.07 Å².